The molecule has 1 N–H and O–H groups in total. The van der Waals surface area contributed by atoms with E-state index in [1.165, 1.54) is 5.56 Å². The van der Waals surface area contributed by atoms with Crippen molar-refractivity contribution in [3.8, 4) is 0 Å². The van der Waals surface area contributed by atoms with Crippen LogP contribution < -0.4 is 5.32 Å². The van der Waals surface area contributed by atoms with Crippen molar-refractivity contribution in [2.45, 2.75) is 36.6 Å². The number of pyridine rings is 1. The van der Waals surface area contributed by atoms with E-state index in [2.05, 4.69) is 70.4 Å². The number of hydrogen-bond donors (Lipinski definition) is 1. The molecule has 1 aromatic carbocycles. The molecule has 1 aromatic heterocycles. The average molecular weight is 365 g/mol. The number of benzene rings is 1. The van der Waals surface area contributed by atoms with Crippen LogP contribution in [0.25, 0.3) is 0 Å². The first-order chi connectivity index (χ1) is 10.3. The first kappa shape index (κ1) is 16.5. The third-order valence-corrected chi connectivity index (χ3v) is 5.70. The van der Waals surface area contributed by atoms with Gasteiger partial charge in [-0.2, -0.15) is 0 Å². The summed E-state index contributed by atoms with van der Waals surface area (Å²) < 4.78 is 1.07. The van der Waals surface area contributed by atoms with Crippen LogP contribution in [0.3, 0.4) is 0 Å². The fourth-order valence-corrected chi connectivity index (χ4v) is 4.01. The Bertz CT molecular complexity index is 547. The summed E-state index contributed by atoms with van der Waals surface area (Å²) in [6, 6.07) is 15.0. The highest BCUT2D eigenvalue weighted by molar-refractivity contribution is 9.10. The average Bonchev–Trinajstić information content (AvgIpc) is 2.53. The van der Waals surface area contributed by atoms with Crippen LogP contribution in [-0.2, 0) is 0 Å². The molecule has 0 bridgehead atoms. The van der Waals surface area contributed by atoms with E-state index in [0.29, 0.717) is 11.3 Å². The summed E-state index contributed by atoms with van der Waals surface area (Å²) in [6.07, 6.45) is 2.94. The van der Waals surface area contributed by atoms with Gasteiger partial charge in [-0.3, -0.25) is 0 Å². The van der Waals surface area contributed by atoms with Crippen molar-refractivity contribution in [3.05, 3.63) is 58.7 Å². The first-order valence-corrected chi connectivity index (χ1v) is 8.99. The molecule has 1 heterocycles. The minimum absolute atomic E-state index is 0.333. The third-order valence-electron chi connectivity index (χ3n) is 3.34. The van der Waals surface area contributed by atoms with Crippen LogP contribution in [0.4, 0.5) is 0 Å². The third kappa shape index (κ3) is 4.56. The van der Waals surface area contributed by atoms with Crippen molar-refractivity contribution in [2.75, 3.05) is 6.54 Å². The Morgan fingerprint density at radius 1 is 1.14 bits per heavy atom. The molecule has 21 heavy (non-hydrogen) atoms. The maximum atomic E-state index is 4.49. The standard InChI is InChI=1S/C17H21BrN2S/c1-3-15(21-17-14(18)11-8-12-20-17)16(19-4-2)13-9-6-5-7-10-13/h5-12,15-16,19H,3-4H2,1-2H3. The molecule has 0 aliphatic heterocycles. The first-order valence-electron chi connectivity index (χ1n) is 7.31. The maximum absolute atomic E-state index is 4.49. The summed E-state index contributed by atoms with van der Waals surface area (Å²) in [5.74, 6) is 0. The van der Waals surface area contributed by atoms with Gasteiger partial charge in [0.05, 0.1) is 0 Å². The lowest BCUT2D eigenvalue weighted by Crippen LogP contribution is -2.29. The van der Waals surface area contributed by atoms with Gasteiger partial charge in [0.1, 0.15) is 5.03 Å². The Hall–Kier alpha value is -0.840. The Labute approximate surface area is 139 Å². The minimum Gasteiger partial charge on any atom is -0.309 e. The van der Waals surface area contributed by atoms with Crippen molar-refractivity contribution < 1.29 is 0 Å². The van der Waals surface area contributed by atoms with E-state index in [0.717, 1.165) is 22.5 Å². The van der Waals surface area contributed by atoms with Gasteiger partial charge in [-0.25, -0.2) is 4.98 Å². The van der Waals surface area contributed by atoms with Crippen molar-refractivity contribution in [2.24, 2.45) is 0 Å². The molecule has 2 aromatic rings. The molecule has 2 rings (SSSR count). The zero-order chi connectivity index (χ0) is 15.1. The number of halogens is 1. The summed E-state index contributed by atoms with van der Waals surface area (Å²) >= 11 is 5.43. The number of nitrogens with one attached hydrogen (secondary N) is 1. The highest BCUT2D eigenvalue weighted by atomic mass is 79.9. The van der Waals surface area contributed by atoms with Crippen molar-refractivity contribution >= 4 is 27.7 Å². The Kier molecular flexibility index (Phi) is 6.74. The Morgan fingerprint density at radius 2 is 1.90 bits per heavy atom. The second-order valence-corrected chi connectivity index (χ2v) is 6.88. The minimum atomic E-state index is 0.333. The van der Waals surface area contributed by atoms with Crippen LogP contribution >= 0.6 is 27.7 Å². The normalized spacial score (nSPS) is 13.9. The molecule has 0 radical (unpaired) electrons. The smallest absolute Gasteiger partial charge is 0.110 e. The lowest BCUT2D eigenvalue weighted by Gasteiger charge is -2.27. The largest absolute Gasteiger partial charge is 0.309 e. The van der Waals surface area contributed by atoms with Crippen LogP contribution in [0.2, 0.25) is 0 Å². The van der Waals surface area contributed by atoms with E-state index < -0.39 is 0 Å². The molecular weight excluding hydrogens is 344 g/mol. The number of rotatable bonds is 7. The zero-order valence-electron chi connectivity index (χ0n) is 12.4. The molecule has 0 aliphatic rings. The molecule has 0 amide bonds. The number of aromatic nitrogens is 1. The molecule has 2 atom stereocenters. The van der Waals surface area contributed by atoms with Crippen molar-refractivity contribution in [1.29, 1.82) is 0 Å². The Balaban J connectivity index is 2.22. The van der Waals surface area contributed by atoms with E-state index in [9.17, 15) is 0 Å². The maximum Gasteiger partial charge on any atom is 0.110 e. The lowest BCUT2D eigenvalue weighted by molar-refractivity contribution is 0.521. The van der Waals surface area contributed by atoms with Gasteiger partial charge in [0.25, 0.3) is 0 Å². The second kappa shape index (κ2) is 8.57. The summed E-state index contributed by atoms with van der Waals surface area (Å²) in [4.78, 5) is 4.49. The van der Waals surface area contributed by atoms with E-state index in [-0.39, 0.29) is 0 Å². The topological polar surface area (TPSA) is 24.9 Å². The fraction of sp³-hybridized carbons (Fsp3) is 0.353. The summed E-state index contributed by atoms with van der Waals surface area (Å²) in [5.41, 5.74) is 1.34. The molecular formula is C17H21BrN2S. The fourth-order valence-electron chi connectivity index (χ4n) is 2.33. The molecule has 112 valence electrons. The highest BCUT2D eigenvalue weighted by Gasteiger charge is 2.23. The van der Waals surface area contributed by atoms with E-state index in [4.69, 9.17) is 0 Å². The monoisotopic (exact) mass is 364 g/mol. The van der Waals surface area contributed by atoms with E-state index in [1.54, 1.807) is 0 Å². The number of hydrogen-bond acceptors (Lipinski definition) is 3. The quantitative estimate of drug-likeness (QED) is 0.694. The number of nitrogens with zero attached hydrogens (tertiary/aromatic N) is 1. The van der Waals surface area contributed by atoms with Crippen LogP contribution in [-0.4, -0.2) is 16.8 Å². The van der Waals surface area contributed by atoms with Gasteiger partial charge >= 0.3 is 0 Å². The number of thioether (sulfide) groups is 1. The van der Waals surface area contributed by atoms with Gasteiger partial charge in [-0.05, 0) is 46.6 Å². The molecule has 2 unspecified atom stereocenters. The van der Waals surface area contributed by atoms with Gasteiger partial charge in [-0.1, -0.05) is 55.9 Å². The molecule has 4 heteroatoms. The van der Waals surface area contributed by atoms with Crippen LogP contribution in [0.15, 0.2) is 58.2 Å². The van der Waals surface area contributed by atoms with E-state index >= 15 is 0 Å². The van der Waals surface area contributed by atoms with Gasteiger partial charge in [-0.15, -0.1) is 0 Å². The predicted molar refractivity (Wildman–Crippen MR) is 94.7 cm³/mol. The molecule has 0 spiro atoms. The summed E-state index contributed by atoms with van der Waals surface area (Å²) in [7, 11) is 0. The lowest BCUT2D eigenvalue weighted by atomic mass is 10.0. The molecule has 0 saturated carbocycles. The van der Waals surface area contributed by atoms with Gasteiger partial charge in [0.2, 0.25) is 0 Å². The Morgan fingerprint density at radius 3 is 2.52 bits per heavy atom. The zero-order valence-corrected chi connectivity index (χ0v) is 14.8. The summed E-state index contributed by atoms with van der Waals surface area (Å²) in [6.45, 7) is 5.35. The van der Waals surface area contributed by atoms with Gasteiger partial charge in [0, 0.05) is 22.0 Å². The second-order valence-electron chi connectivity index (χ2n) is 4.80. The van der Waals surface area contributed by atoms with Crippen LogP contribution in [0.5, 0.6) is 0 Å². The van der Waals surface area contributed by atoms with Crippen molar-refractivity contribution in [1.82, 2.24) is 10.3 Å². The van der Waals surface area contributed by atoms with Crippen LogP contribution in [0.1, 0.15) is 31.9 Å². The van der Waals surface area contributed by atoms with Gasteiger partial charge < -0.3 is 5.32 Å². The van der Waals surface area contributed by atoms with E-state index in [1.807, 2.05) is 30.1 Å². The molecule has 2 nitrogen and oxygen atoms in total. The molecule has 0 fully saturated rings. The van der Waals surface area contributed by atoms with Gasteiger partial charge in [0.15, 0.2) is 0 Å². The predicted octanol–water partition coefficient (Wildman–Crippen LogP) is 5.07. The van der Waals surface area contributed by atoms with Crippen LogP contribution in [0, 0.1) is 0 Å². The summed E-state index contributed by atoms with van der Waals surface area (Å²) in [5, 5.41) is 5.13. The SMILES string of the molecule is CCNC(c1ccccc1)C(CC)Sc1ncccc1Br. The molecule has 0 aliphatic carbocycles. The molecule has 0 saturated heterocycles. The highest BCUT2D eigenvalue weighted by Crippen LogP contribution is 2.36. The van der Waals surface area contributed by atoms with Crippen molar-refractivity contribution in [3.63, 3.8) is 0 Å².